The fourth-order valence-corrected chi connectivity index (χ4v) is 2.86. The molecule has 3 nitrogen and oxygen atoms in total. The number of likely N-dealkylation sites (tertiary alicyclic amines) is 1. The minimum Gasteiger partial charge on any atom is -0.399 e. The molecule has 1 saturated heterocycles. The maximum absolute atomic E-state index is 5.86. The highest BCUT2D eigenvalue weighted by atomic mass is 15.1. The molecule has 3 heteroatoms. The monoisotopic (exact) mass is 229 g/mol. The smallest absolute Gasteiger partial charge is 0.0458 e. The van der Waals surface area contributed by atoms with Gasteiger partial charge in [-0.2, -0.15) is 0 Å². The topological polar surface area (TPSA) is 45.0 Å². The molecular weight excluding hydrogens is 210 g/mol. The van der Waals surface area contributed by atoms with E-state index in [0.29, 0.717) is 6.04 Å². The first-order valence-electron chi connectivity index (χ1n) is 6.30. The third kappa shape index (κ3) is 1.91. The molecule has 90 valence electrons. The van der Waals surface area contributed by atoms with Crippen LogP contribution in [-0.2, 0) is 6.42 Å². The molecule has 1 aliphatic heterocycles. The second kappa shape index (κ2) is 4.08. The molecule has 0 radical (unpaired) electrons. The summed E-state index contributed by atoms with van der Waals surface area (Å²) in [5.41, 5.74) is 9.29. The van der Waals surface area contributed by atoms with E-state index in [4.69, 9.17) is 5.73 Å². The fourth-order valence-electron chi connectivity index (χ4n) is 2.86. The van der Waals surface area contributed by atoms with Gasteiger partial charge in [0.2, 0.25) is 0 Å². The Balaban J connectivity index is 1.92. The second-order valence-corrected chi connectivity index (χ2v) is 5.10. The van der Waals surface area contributed by atoms with Crippen molar-refractivity contribution in [2.24, 2.45) is 0 Å². The number of nitrogens with zero attached hydrogens (tertiary/aromatic N) is 1. The first-order chi connectivity index (χ1) is 8.24. The molecule has 1 aromatic heterocycles. The standard InChI is InChI=1S/C14H19N3/c1-17-6-2-3-12(17)7-10-9-16-14-5-4-11(15)8-13(10)14/h4-5,8-9,12,16H,2-3,6-7,15H2,1H3/t12-/m1/s1. The number of benzene rings is 1. The number of likely N-dealkylation sites (N-methyl/N-ethyl adjacent to an activating group) is 1. The van der Waals surface area contributed by atoms with Crippen molar-refractivity contribution in [3.63, 3.8) is 0 Å². The minimum absolute atomic E-state index is 0.690. The molecule has 0 spiro atoms. The fraction of sp³-hybridized carbons (Fsp3) is 0.429. The van der Waals surface area contributed by atoms with Crippen LogP contribution in [0.3, 0.4) is 0 Å². The Morgan fingerprint density at radius 3 is 3.12 bits per heavy atom. The van der Waals surface area contributed by atoms with Crippen LogP contribution < -0.4 is 5.73 Å². The zero-order valence-corrected chi connectivity index (χ0v) is 10.2. The van der Waals surface area contributed by atoms with E-state index in [1.165, 1.54) is 35.9 Å². The molecule has 2 aromatic rings. The van der Waals surface area contributed by atoms with Crippen LogP contribution >= 0.6 is 0 Å². The van der Waals surface area contributed by atoms with Gasteiger partial charge in [-0.3, -0.25) is 0 Å². The van der Waals surface area contributed by atoms with Gasteiger partial charge in [0.1, 0.15) is 0 Å². The molecule has 0 aliphatic carbocycles. The van der Waals surface area contributed by atoms with Crippen molar-refractivity contribution in [3.05, 3.63) is 30.0 Å². The van der Waals surface area contributed by atoms with Crippen LogP contribution in [0.2, 0.25) is 0 Å². The summed E-state index contributed by atoms with van der Waals surface area (Å²) in [6.45, 7) is 1.23. The summed E-state index contributed by atoms with van der Waals surface area (Å²) in [7, 11) is 2.22. The number of hydrogen-bond donors (Lipinski definition) is 2. The van der Waals surface area contributed by atoms with Crippen molar-refractivity contribution >= 4 is 16.6 Å². The number of rotatable bonds is 2. The van der Waals surface area contributed by atoms with Crippen molar-refractivity contribution in [2.45, 2.75) is 25.3 Å². The Morgan fingerprint density at radius 1 is 1.47 bits per heavy atom. The number of nitrogen functional groups attached to an aromatic ring is 1. The predicted molar refractivity (Wildman–Crippen MR) is 72.1 cm³/mol. The SMILES string of the molecule is CN1CCC[C@@H]1Cc1c[nH]c2ccc(N)cc12. The number of hydrogen-bond acceptors (Lipinski definition) is 2. The molecular formula is C14H19N3. The first-order valence-corrected chi connectivity index (χ1v) is 6.30. The molecule has 1 atom stereocenters. The molecule has 1 fully saturated rings. The quantitative estimate of drug-likeness (QED) is 0.777. The van der Waals surface area contributed by atoms with Gasteiger partial charge in [-0.1, -0.05) is 0 Å². The molecule has 2 heterocycles. The average molecular weight is 229 g/mol. The van der Waals surface area contributed by atoms with E-state index in [2.05, 4.69) is 35.3 Å². The van der Waals surface area contributed by atoms with E-state index in [1.54, 1.807) is 0 Å². The summed E-state index contributed by atoms with van der Waals surface area (Å²) in [5, 5.41) is 1.28. The van der Waals surface area contributed by atoms with Crippen LogP contribution in [0.25, 0.3) is 10.9 Å². The van der Waals surface area contributed by atoms with Gasteiger partial charge in [0.15, 0.2) is 0 Å². The van der Waals surface area contributed by atoms with Gasteiger partial charge in [-0.25, -0.2) is 0 Å². The first kappa shape index (κ1) is 10.7. The lowest BCUT2D eigenvalue weighted by molar-refractivity contribution is 0.310. The van der Waals surface area contributed by atoms with Crippen molar-refractivity contribution in [1.29, 1.82) is 0 Å². The predicted octanol–water partition coefficient (Wildman–Crippen LogP) is 2.39. The van der Waals surface area contributed by atoms with Crippen LogP contribution in [0.5, 0.6) is 0 Å². The number of H-pyrrole nitrogens is 1. The highest BCUT2D eigenvalue weighted by Crippen LogP contribution is 2.25. The highest BCUT2D eigenvalue weighted by molar-refractivity contribution is 5.86. The zero-order chi connectivity index (χ0) is 11.8. The lowest BCUT2D eigenvalue weighted by atomic mass is 10.0. The van der Waals surface area contributed by atoms with Crippen LogP contribution in [0, 0.1) is 0 Å². The van der Waals surface area contributed by atoms with Gasteiger partial charge >= 0.3 is 0 Å². The summed E-state index contributed by atoms with van der Waals surface area (Å²) in [5.74, 6) is 0. The molecule has 1 aromatic carbocycles. The lowest BCUT2D eigenvalue weighted by Crippen LogP contribution is -2.26. The van der Waals surface area contributed by atoms with Crippen LogP contribution in [0.4, 0.5) is 5.69 Å². The minimum atomic E-state index is 0.690. The lowest BCUT2D eigenvalue weighted by Gasteiger charge is -2.18. The zero-order valence-electron chi connectivity index (χ0n) is 10.2. The van der Waals surface area contributed by atoms with E-state index in [0.717, 1.165) is 12.1 Å². The van der Waals surface area contributed by atoms with Crippen LogP contribution in [0.15, 0.2) is 24.4 Å². The largest absolute Gasteiger partial charge is 0.399 e. The van der Waals surface area contributed by atoms with Crippen molar-refractivity contribution in [3.8, 4) is 0 Å². The van der Waals surface area contributed by atoms with Gasteiger partial charge < -0.3 is 15.6 Å². The number of nitrogens with two attached hydrogens (primary N) is 1. The molecule has 0 bridgehead atoms. The number of aromatic amines is 1. The molecule has 0 saturated carbocycles. The van der Waals surface area contributed by atoms with Crippen molar-refractivity contribution in [2.75, 3.05) is 19.3 Å². The van der Waals surface area contributed by atoms with Gasteiger partial charge in [-0.15, -0.1) is 0 Å². The summed E-state index contributed by atoms with van der Waals surface area (Å²) < 4.78 is 0. The number of nitrogens with one attached hydrogen (secondary N) is 1. The molecule has 17 heavy (non-hydrogen) atoms. The normalized spacial score (nSPS) is 21.4. The Hall–Kier alpha value is -1.48. The van der Waals surface area contributed by atoms with Gasteiger partial charge in [0.25, 0.3) is 0 Å². The molecule has 1 aliphatic rings. The van der Waals surface area contributed by atoms with Crippen LogP contribution in [-0.4, -0.2) is 29.5 Å². The van der Waals surface area contributed by atoms with E-state index in [9.17, 15) is 0 Å². The highest BCUT2D eigenvalue weighted by Gasteiger charge is 2.21. The van der Waals surface area contributed by atoms with E-state index in [1.807, 2.05) is 6.07 Å². The Kier molecular flexibility index (Phi) is 2.56. The summed E-state index contributed by atoms with van der Waals surface area (Å²) in [6, 6.07) is 6.78. The summed E-state index contributed by atoms with van der Waals surface area (Å²) in [6.07, 6.45) is 5.90. The third-order valence-corrected chi connectivity index (χ3v) is 3.92. The summed E-state index contributed by atoms with van der Waals surface area (Å²) in [4.78, 5) is 5.79. The molecule has 0 amide bonds. The van der Waals surface area contributed by atoms with Crippen molar-refractivity contribution in [1.82, 2.24) is 9.88 Å². The summed E-state index contributed by atoms with van der Waals surface area (Å²) >= 11 is 0. The van der Waals surface area contributed by atoms with Crippen molar-refractivity contribution < 1.29 is 0 Å². The molecule has 3 rings (SSSR count). The van der Waals surface area contributed by atoms with E-state index < -0.39 is 0 Å². The second-order valence-electron chi connectivity index (χ2n) is 5.10. The van der Waals surface area contributed by atoms with E-state index >= 15 is 0 Å². The molecule has 0 unspecified atom stereocenters. The Morgan fingerprint density at radius 2 is 2.35 bits per heavy atom. The average Bonchev–Trinajstić information content (AvgIpc) is 2.88. The number of anilines is 1. The maximum Gasteiger partial charge on any atom is 0.0458 e. The molecule has 3 N–H and O–H groups in total. The maximum atomic E-state index is 5.86. The van der Waals surface area contributed by atoms with Gasteiger partial charge in [0.05, 0.1) is 0 Å². The third-order valence-electron chi connectivity index (χ3n) is 3.92. The van der Waals surface area contributed by atoms with Gasteiger partial charge in [0, 0.05) is 28.8 Å². The van der Waals surface area contributed by atoms with Gasteiger partial charge in [-0.05, 0) is 56.6 Å². The Bertz CT molecular complexity index is 529. The van der Waals surface area contributed by atoms with Crippen LogP contribution in [0.1, 0.15) is 18.4 Å². The number of aromatic nitrogens is 1. The van der Waals surface area contributed by atoms with E-state index in [-0.39, 0.29) is 0 Å². The Labute approximate surface area is 102 Å². The number of fused-ring (bicyclic) bond motifs is 1.